The number of nitrogens with one attached hydrogen (secondary N) is 1. The first-order valence-electron chi connectivity index (χ1n) is 7.42. The number of benzene rings is 1. The van der Waals surface area contributed by atoms with Gasteiger partial charge in [-0.15, -0.1) is 0 Å². The molecule has 2 heterocycles. The zero-order valence-electron chi connectivity index (χ0n) is 12.5. The van der Waals surface area contributed by atoms with Crippen LogP contribution in [0.1, 0.15) is 28.9 Å². The van der Waals surface area contributed by atoms with Crippen molar-refractivity contribution < 1.29 is 14.0 Å². The summed E-state index contributed by atoms with van der Waals surface area (Å²) in [4.78, 5) is 29.1. The van der Waals surface area contributed by atoms with Crippen LogP contribution >= 0.6 is 0 Å². The summed E-state index contributed by atoms with van der Waals surface area (Å²) < 4.78 is 13.1. The second-order valence-electron chi connectivity index (χ2n) is 5.42. The first-order valence-corrected chi connectivity index (χ1v) is 7.42. The maximum atomic E-state index is 13.1. The lowest BCUT2D eigenvalue weighted by atomic mass is 10.2. The topological polar surface area (TPSA) is 62.3 Å². The van der Waals surface area contributed by atoms with Crippen molar-refractivity contribution in [3.8, 4) is 0 Å². The Hall–Kier alpha value is -2.76. The Morgan fingerprint density at radius 2 is 2.09 bits per heavy atom. The van der Waals surface area contributed by atoms with Crippen molar-refractivity contribution in [2.24, 2.45) is 0 Å². The third-order valence-electron chi connectivity index (χ3n) is 3.68. The number of aromatic nitrogens is 1. The molecule has 1 aliphatic rings. The Morgan fingerprint density at radius 1 is 1.26 bits per heavy atom. The van der Waals surface area contributed by atoms with Crippen molar-refractivity contribution in [3.05, 3.63) is 59.7 Å². The molecule has 0 bridgehead atoms. The molecule has 0 aliphatic carbocycles. The Morgan fingerprint density at radius 3 is 2.83 bits per heavy atom. The summed E-state index contributed by atoms with van der Waals surface area (Å²) in [6, 6.07) is 11.3. The third-order valence-corrected chi connectivity index (χ3v) is 3.68. The number of halogens is 1. The van der Waals surface area contributed by atoms with Crippen molar-refractivity contribution in [3.63, 3.8) is 0 Å². The van der Waals surface area contributed by atoms with Gasteiger partial charge >= 0.3 is 0 Å². The molecule has 6 heteroatoms. The highest BCUT2D eigenvalue weighted by atomic mass is 19.1. The van der Waals surface area contributed by atoms with Crippen LogP contribution in [0.3, 0.4) is 0 Å². The lowest BCUT2D eigenvalue weighted by Gasteiger charge is -2.16. The van der Waals surface area contributed by atoms with Crippen LogP contribution in [0.4, 0.5) is 10.1 Å². The summed E-state index contributed by atoms with van der Waals surface area (Å²) in [6.45, 7) is 1.30. The first-order chi connectivity index (χ1) is 11.1. The fourth-order valence-electron chi connectivity index (χ4n) is 2.57. The Bertz CT molecular complexity index is 748. The summed E-state index contributed by atoms with van der Waals surface area (Å²) in [5.74, 6) is -1.01. The van der Waals surface area contributed by atoms with E-state index in [2.05, 4.69) is 10.3 Å². The van der Waals surface area contributed by atoms with Gasteiger partial charge in [0.1, 0.15) is 5.69 Å². The van der Waals surface area contributed by atoms with E-state index in [1.165, 1.54) is 18.2 Å². The van der Waals surface area contributed by atoms with Gasteiger partial charge in [-0.1, -0.05) is 18.2 Å². The average Bonchev–Trinajstić information content (AvgIpc) is 2.93. The van der Waals surface area contributed by atoms with E-state index in [1.54, 1.807) is 11.0 Å². The molecule has 1 fully saturated rings. The number of amides is 2. The van der Waals surface area contributed by atoms with Crippen LogP contribution in [0.15, 0.2) is 42.5 Å². The molecule has 0 atom stereocenters. The standard InChI is InChI=1S/C17H16FN3O2/c18-15-7-2-6-14(20-15)17(23)19-13-5-1-4-12(10-13)11-21-9-3-8-16(21)22/h1-2,4-7,10H,3,8-9,11H2,(H,19,23). The summed E-state index contributed by atoms with van der Waals surface area (Å²) in [6.07, 6.45) is 1.49. The van der Waals surface area contributed by atoms with Crippen LogP contribution in [-0.2, 0) is 11.3 Å². The highest BCUT2D eigenvalue weighted by molar-refractivity contribution is 6.02. The Balaban J connectivity index is 1.70. The highest BCUT2D eigenvalue weighted by Crippen LogP contribution is 2.17. The number of hydrogen-bond acceptors (Lipinski definition) is 3. The van der Waals surface area contributed by atoms with Gasteiger partial charge < -0.3 is 10.2 Å². The molecule has 3 rings (SSSR count). The fourth-order valence-corrected chi connectivity index (χ4v) is 2.57. The minimum Gasteiger partial charge on any atom is -0.338 e. The van der Waals surface area contributed by atoms with E-state index < -0.39 is 11.9 Å². The highest BCUT2D eigenvalue weighted by Gasteiger charge is 2.20. The summed E-state index contributed by atoms with van der Waals surface area (Å²) in [7, 11) is 0. The number of pyridine rings is 1. The molecule has 1 aromatic carbocycles. The van der Waals surface area contributed by atoms with Crippen LogP contribution < -0.4 is 5.32 Å². The molecule has 1 aromatic heterocycles. The lowest BCUT2D eigenvalue weighted by molar-refractivity contribution is -0.128. The van der Waals surface area contributed by atoms with Crippen LogP contribution in [0, 0.1) is 5.95 Å². The van der Waals surface area contributed by atoms with Gasteiger partial charge in [0, 0.05) is 25.2 Å². The molecular weight excluding hydrogens is 297 g/mol. The zero-order valence-corrected chi connectivity index (χ0v) is 12.5. The summed E-state index contributed by atoms with van der Waals surface area (Å²) >= 11 is 0. The van der Waals surface area contributed by atoms with Gasteiger partial charge in [0.15, 0.2) is 0 Å². The predicted octanol–water partition coefficient (Wildman–Crippen LogP) is 2.60. The largest absolute Gasteiger partial charge is 0.338 e. The molecule has 0 radical (unpaired) electrons. The minimum atomic E-state index is -0.695. The van der Waals surface area contributed by atoms with Crippen molar-refractivity contribution in [1.29, 1.82) is 0 Å². The molecule has 5 nitrogen and oxygen atoms in total. The molecular formula is C17H16FN3O2. The second kappa shape index (κ2) is 6.56. The van der Waals surface area contributed by atoms with E-state index >= 15 is 0 Å². The van der Waals surface area contributed by atoms with Gasteiger partial charge in [0.05, 0.1) is 0 Å². The number of carbonyl (C=O) groups is 2. The van der Waals surface area contributed by atoms with Crippen LogP contribution in [0.25, 0.3) is 0 Å². The van der Waals surface area contributed by atoms with Crippen LogP contribution in [-0.4, -0.2) is 28.2 Å². The third kappa shape index (κ3) is 3.71. The smallest absolute Gasteiger partial charge is 0.274 e. The molecule has 0 unspecified atom stereocenters. The fraction of sp³-hybridized carbons (Fsp3) is 0.235. The van der Waals surface area contributed by atoms with E-state index in [-0.39, 0.29) is 11.6 Å². The Labute approximate surface area is 133 Å². The summed E-state index contributed by atoms with van der Waals surface area (Å²) in [5, 5.41) is 2.69. The number of anilines is 1. The van der Waals surface area contributed by atoms with Gasteiger partial charge in [-0.2, -0.15) is 4.39 Å². The van der Waals surface area contributed by atoms with Crippen molar-refractivity contribution >= 4 is 17.5 Å². The van der Waals surface area contributed by atoms with Crippen LogP contribution in [0.2, 0.25) is 0 Å². The molecule has 1 aliphatic heterocycles. The number of carbonyl (C=O) groups excluding carboxylic acids is 2. The number of rotatable bonds is 4. The van der Waals surface area contributed by atoms with E-state index in [0.29, 0.717) is 18.7 Å². The van der Waals surface area contributed by atoms with Gasteiger partial charge in [0.2, 0.25) is 11.9 Å². The van der Waals surface area contributed by atoms with E-state index in [9.17, 15) is 14.0 Å². The first kappa shape index (κ1) is 15.1. The SMILES string of the molecule is O=C(Nc1cccc(CN2CCCC2=O)c1)c1cccc(F)n1. The molecule has 2 aromatic rings. The molecule has 0 spiro atoms. The monoisotopic (exact) mass is 313 g/mol. The van der Waals surface area contributed by atoms with Crippen LogP contribution in [0.5, 0.6) is 0 Å². The van der Waals surface area contributed by atoms with E-state index in [4.69, 9.17) is 0 Å². The average molecular weight is 313 g/mol. The summed E-state index contributed by atoms with van der Waals surface area (Å²) in [5.41, 5.74) is 1.54. The second-order valence-corrected chi connectivity index (χ2v) is 5.42. The van der Waals surface area contributed by atoms with Gasteiger partial charge in [-0.3, -0.25) is 9.59 Å². The quantitative estimate of drug-likeness (QED) is 0.883. The van der Waals surface area contributed by atoms with Crippen molar-refractivity contribution in [1.82, 2.24) is 9.88 Å². The normalized spacial score (nSPS) is 14.1. The van der Waals surface area contributed by atoms with Gasteiger partial charge in [-0.05, 0) is 36.2 Å². The van der Waals surface area contributed by atoms with E-state index in [1.807, 2.05) is 18.2 Å². The van der Waals surface area contributed by atoms with Gasteiger partial charge in [0.25, 0.3) is 5.91 Å². The molecule has 1 saturated heterocycles. The molecule has 118 valence electrons. The lowest BCUT2D eigenvalue weighted by Crippen LogP contribution is -2.23. The molecule has 2 amide bonds. The van der Waals surface area contributed by atoms with E-state index in [0.717, 1.165) is 18.5 Å². The van der Waals surface area contributed by atoms with Crippen molar-refractivity contribution in [2.45, 2.75) is 19.4 Å². The van der Waals surface area contributed by atoms with Crippen molar-refractivity contribution in [2.75, 3.05) is 11.9 Å². The maximum absolute atomic E-state index is 13.1. The van der Waals surface area contributed by atoms with Gasteiger partial charge in [-0.25, -0.2) is 4.98 Å². The Kier molecular flexibility index (Phi) is 4.32. The maximum Gasteiger partial charge on any atom is 0.274 e. The zero-order chi connectivity index (χ0) is 16.2. The molecule has 23 heavy (non-hydrogen) atoms. The molecule has 0 saturated carbocycles. The number of nitrogens with zero attached hydrogens (tertiary/aromatic N) is 2. The predicted molar refractivity (Wildman–Crippen MR) is 83.2 cm³/mol. The number of hydrogen-bond donors (Lipinski definition) is 1. The molecule has 1 N–H and O–H groups in total. The number of likely N-dealkylation sites (tertiary alicyclic amines) is 1. The minimum absolute atomic E-state index is 0.0186.